The van der Waals surface area contributed by atoms with Gasteiger partial charge in [-0.05, 0) is 33.2 Å². The third-order valence-electron chi connectivity index (χ3n) is 4.95. The molecule has 0 aromatic carbocycles. The number of alkyl halides is 3. The summed E-state index contributed by atoms with van der Waals surface area (Å²) in [4.78, 5) is 8.27. The molecule has 1 saturated heterocycles. The van der Waals surface area contributed by atoms with Crippen LogP contribution in [-0.4, -0.2) is 80.3 Å². The third kappa shape index (κ3) is 8.60. The van der Waals surface area contributed by atoms with Gasteiger partial charge in [-0.3, -0.25) is 14.8 Å². The van der Waals surface area contributed by atoms with Gasteiger partial charge in [0.1, 0.15) is 0 Å². The number of likely N-dealkylation sites (N-methyl/N-ethyl adjacent to an activating group) is 1. The molecule has 0 amide bonds. The van der Waals surface area contributed by atoms with E-state index in [1.54, 1.807) is 0 Å². The first-order valence-electron chi connectivity index (χ1n) is 9.41. The maximum absolute atomic E-state index is 12.3. The molecular weight excluding hydrogens is 458 g/mol. The molecule has 1 unspecified atom stereocenters. The molecule has 0 aromatic rings. The molecule has 1 atom stereocenters. The van der Waals surface area contributed by atoms with Gasteiger partial charge in [0.25, 0.3) is 0 Å². The van der Waals surface area contributed by atoms with E-state index in [2.05, 4.69) is 20.5 Å². The lowest BCUT2D eigenvalue weighted by atomic mass is 10.2. The topological polar surface area (TPSA) is 42.9 Å². The van der Waals surface area contributed by atoms with Gasteiger partial charge >= 0.3 is 6.18 Å². The van der Waals surface area contributed by atoms with Gasteiger partial charge in [-0.2, -0.15) is 13.2 Å². The van der Waals surface area contributed by atoms with Crippen LogP contribution >= 0.6 is 24.0 Å². The number of hydrogen-bond donors (Lipinski definition) is 2. The number of nitrogens with zero attached hydrogens (tertiary/aromatic N) is 3. The number of hydrogen-bond acceptors (Lipinski definition) is 3. The Morgan fingerprint density at radius 1 is 1.23 bits per heavy atom. The third-order valence-corrected chi connectivity index (χ3v) is 4.95. The van der Waals surface area contributed by atoms with E-state index in [4.69, 9.17) is 0 Å². The van der Waals surface area contributed by atoms with Crippen LogP contribution in [-0.2, 0) is 0 Å². The zero-order valence-electron chi connectivity index (χ0n) is 15.8. The zero-order valence-corrected chi connectivity index (χ0v) is 18.1. The summed E-state index contributed by atoms with van der Waals surface area (Å²) in [5, 5.41) is 6.64. The Hall–Kier alpha value is -0.290. The Labute approximate surface area is 172 Å². The SMILES string of the molecule is CCNC(=NCCN(C)CC(F)(F)F)NC1CCN(C2CCCC2)C1.I. The highest BCUT2D eigenvalue weighted by Crippen LogP contribution is 2.26. The molecule has 1 aliphatic heterocycles. The number of likely N-dealkylation sites (tertiary alicyclic amines) is 1. The Balaban J connectivity index is 0.00000338. The molecule has 5 nitrogen and oxygen atoms in total. The Kier molecular flexibility index (Phi) is 10.5. The molecule has 0 radical (unpaired) electrons. The van der Waals surface area contributed by atoms with Crippen molar-refractivity contribution in [3.05, 3.63) is 0 Å². The number of aliphatic imine (C=N–C) groups is 1. The molecule has 2 aliphatic rings. The molecule has 154 valence electrons. The largest absolute Gasteiger partial charge is 0.401 e. The van der Waals surface area contributed by atoms with Crippen molar-refractivity contribution in [2.45, 2.75) is 57.3 Å². The van der Waals surface area contributed by atoms with Crippen molar-refractivity contribution in [2.75, 3.05) is 46.3 Å². The molecule has 9 heteroatoms. The predicted molar refractivity (Wildman–Crippen MR) is 110 cm³/mol. The molecule has 2 rings (SSSR count). The van der Waals surface area contributed by atoms with Gasteiger partial charge in [0.05, 0.1) is 13.1 Å². The molecule has 2 N–H and O–H groups in total. The molecule has 0 bridgehead atoms. The predicted octanol–water partition coefficient (Wildman–Crippen LogP) is 2.67. The lowest BCUT2D eigenvalue weighted by Gasteiger charge is -2.24. The monoisotopic (exact) mass is 491 g/mol. The van der Waals surface area contributed by atoms with Crippen LogP contribution in [0.3, 0.4) is 0 Å². The van der Waals surface area contributed by atoms with E-state index in [9.17, 15) is 13.2 Å². The number of guanidine groups is 1. The van der Waals surface area contributed by atoms with Crippen molar-refractivity contribution >= 4 is 29.9 Å². The maximum atomic E-state index is 12.3. The van der Waals surface area contributed by atoms with Gasteiger partial charge < -0.3 is 10.6 Å². The highest BCUT2D eigenvalue weighted by Gasteiger charge is 2.30. The zero-order chi connectivity index (χ0) is 18.3. The Morgan fingerprint density at radius 2 is 1.92 bits per heavy atom. The summed E-state index contributed by atoms with van der Waals surface area (Å²) in [6.07, 6.45) is 2.24. The summed E-state index contributed by atoms with van der Waals surface area (Å²) >= 11 is 0. The van der Waals surface area contributed by atoms with Crippen LogP contribution < -0.4 is 10.6 Å². The second-order valence-electron chi connectivity index (χ2n) is 7.18. The minimum Gasteiger partial charge on any atom is -0.357 e. The van der Waals surface area contributed by atoms with E-state index in [0.29, 0.717) is 18.5 Å². The summed E-state index contributed by atoms with van der Waals surface area (Å²) in [5.41, 5.74) is 0. The lowest BCUT2D eigenvalue weighted by molar-refractivity contribution is -0.142. The molecule has 1 saturated carbocycles. The molecule has 1 heterocycles. The average molecular weight is 491 g/mol. The number of nitrogens with one attached hydrogen (secondary N) is 2. The van der Waals surface area contributed by atoms with Crippen molar-refractivity contribution in [1.29, 1.82) is 0 Å². The van der Waals surface area contributed by atoms with E-state index >= 15 is 0 Å². The fraction of sp³-hybridized carbons (Fsp3) is 0.941. The van der Waals surface area contributed by atoms with Crippen LogP contribution in [0.4, 0.5) is 13.2 Å². The summed E-state index contributed by atoms with van der Waals surface area (Å²) in [5.74, 6) is 0.709. The van der Waals surface area contributed by atoms with E-state index in [1.165, 1.54) is 37.6 Å². The van der Waals surface area contributed by atoms with Crippen LogP contribution in [0.25, 0.3) is 0 Å². The van der Waals surface area contributed by atoms with E-state index in [-0.39, 0.29) is 30.5 Å². The van der Waals surface area contributed by atoms with Gasteiger partial charge in [-0.15, -0.1) is 24.0 Å². The second-order valence-corrected chi connectivity index (χ2v) is 7.18. The van der Waals surface area contributed by atoms with Gasteiger partial charge in [0, 0.05) is 38.3 Å². The molecule has 26 heavy (non-hydrogen) atoms. The molecule has 2 fully saturated rings. The highest BCUT2D eigenvalue weighted by molar-refractivity contribution is 14.0. The molecule has 0 spiro atoms. The Morgan fingerprint density at radius 3 is 2.54 bits per heavy atom. The summed E-state index contributed by atoms with van der Waals surface area (Å²) < 4.78 is 37.0. The fourth-order valence-corrected chi connectivity index (χ4v) is 3.74. The first-order valence-corrected chi connectivity index (χ1v) is 9.41. The number of halogens is 4. The fourth-order valence-electron chi connectivity index (χ4n) is 3.74. The van der Waals surface area contributed by atoms with Crippen LogP contribution in [0, 0.1) is 0 Å². The van der Waals surface area contributed by atoms with Crippen molar-refractivity contribution in [3.63, 3.8) is 0 Å². The minimum absolute atomic E-state index is 0. The van der Waals surface area contributed by atoms with E-state index in [1.807, 2.05) is 6.92 Å². The molecular formula is C17H33F3IN5. The van der Waals surface area contributed by atoms with E-state index < -0.39 is 12.7 Å². The number of rotatable bonds is 7. The minimum atomic E-state index is -4.16. The van der Waals surface area contributed by atoms with Gasteiger partial charge in [-0.25, -0.2) is 0 Å². The highest BCUT2D eigenvalue weighted by atomic mass is 127. The summed E-state index contributed by atoms with van der Waals surface area (Å²) in [6, 6.07) is 1.11. The van der Waals surface area contributed by atoms with Crippen molar-refractivity contribution in [3.8, 4) is 0 Å². The lowest BCUT2D eigenvalue weighted by Crippen LogP contribution is -2.45. The van der Waals surface area contributed by atoms with Crippen LogP contribution in [0.1, 0.15) is 39.0 Å². The quantitative estimate of drug-likeness (QED) is 0.327. The smallest absolute Gasteiger partial charge is 0.357 e. The first kappa shape index (κ1) is 23.7. The van der Waals surface area contributed by atoms with Crippen LogP contribution in [0.5, 0.6) is 0 Å². The van der Waals surface area contributed by atoms with Crippen molar-refractivity contribution < 1.29 is 13.2 Å². The summed E-state index contributed by atoms with van der Waals surface area (Å²) in [6.45, 7) is 4.62. The van der Waals surface area contributed by atoms with Gasteiger partial charge in [0.15, 0.2) is 5.96 Å². The summed E-state index contributed by atoms with van der Waals surface area (Å²) in [7, 11) is 1.47. The van der Waals surface area contributed by atoms with Crippen LogP contribution in [0.15, 0.2) is 4.99 Å². The Bertz CT molecular complexity index is 427. The average Bonchev–Trinajstić information content (AvgIpc) is 3.16. The molecule has 1 aliphatic carbocycles. The normalized spacial score (nSPS) is 22.7. The van der Waals surface area contributed by atoms with Gasteiger partial charge in [-0.1, -0.05) is 12.8 Å². The van der Waals surface area contributed by atoms with Gasteiger partial charge in [0.2, 0.25) is 0 Å². The molecule has 0 aromatic heterocycles. The van der Waals surface area contributed by atoms with Crippen LogP contribution in [0.2, 0.25) is 0 Å². The van der Waals surface area contributed by atoms with E-state index in [0.717, 1.165) is 32.1 Å². The first-order chi connectivity index (χ1) is 11.9. The van der Waals surface area contributed by atoms with Crippen molar-refractivity contribution in [1.82, 2.24) is 20.4 Å². The standard InChI is InChI=1S/C17H32F3N5.HI/c1-3-21-16(22-9-11-24(2)13-17(18,19)20)23-14-8-10-25(12-14)15-6-4-5-7-15;/h14-15H,3-13H2,1-2H3,(H2,21,22,23);1H. The van der Waals surface area contributed by atoms with Crippen molar-refractivity contribution in [2.24, 2.45) is 4.99 Å². The second kappa shape index (κ2) is 11.5. The maximum Gasteiger partial charge on any atom is 0.401 e.